The van der Waals surface area contributed by atoms with Crippen molar-refractivity contribution in [1.29, 1.82) is 5.41 Å². The number of halogens is 6. The summed E-state index contributed by atoms with van der Waals surface area (Å²) in [6.07, 6.45) is -8.18. The molecule has 36 heavy (non-hydrogen) atoms. The predicted octanol–water partition coefficient (Wildman–Crippen LogP) is 5.18. The van der Waals surface area contributed by atoms with Crippen LogP contribution in [0.2, 0.25) is 0 Å². The van der Waals surface area contributed by atoms with Gasteiger partial charge in [0.15, 0.2) is 11.5 Å². The van der Waals surface area contributed by atoms with E-state index in [9.17, 15) is 31.1 Å². The van der Waals surface area contributed by atoms with Gasteiger partial charge in [-0.1, -0.05) is 31.1 Å². The molecule has 0 fully saturated rings. The fourth-order valence-corrected chi connectivity index (χ4v) is 3.11. The topological polar surface area (TPSA) is 95.9 Å². The van der Waals surface area contributed by atoms with Crippen molar-refractivity contribution in [2.24, 2.45) is 5.92 Å². The molecule has 3 rings (SSSR count). The molecule has 3 N–H and O–H groups in total. The average Bonchev–Trinajstić information content (AvgIpc) is 3.21. The number of benzene rings is 1. The molecule has 0 bridgehead atoms. The molecule has 194 valence electrons. The normalized spacial score (nSPS) is 13.1. The number of nitrogens with one attached hydrogen (secondary N) is 3. The van der Waals surface area contributed by atoms with Crippen molar-refractivity contribution >= 4 is 5.91 Å². The number of carbonyl (C=O) groups excluding carboxylic acids is 1. The summed E-state index contributed by atoms with van der Waals surface area (Å²) in [5, 5.41) is 14.4. The highest BCUT2D eigenvalue weighted by Crippen LogP contribution is 2.33. The van der Waals surface area contributed by atoms with Crippen LogP contribution in [0, 0.1) is 11.3 Å². The Hall–Kier alpha value is -3.77. The highest BCUT2D eigenvalue weighted by Gasteiger charge is 2.32. The molecule has 0 spiro atoms. The molecule has 7 nitrogen and oxygen atoms in total. The second-order valence-electron chi connectivity index (χ2n) is 8.42. The fraction of sp³-hybridized carbons (Fsp3) is 0.348. The van der Waals surface area contributed by atoms with E-state index in [2.05, 4.69) is 15.9 Å². The van der Waals surface area contributed by atoms with Gasteiger partial charge in [0.2, 0.25) is 0 Å². The number of aromatic nitrogens is 2. The lowest BCUT2D eigenvalue weighted by Gasteiger charge is -2.17. The lowest BCUT2D eigenvalue weighted by atomic mass is 10.0. The van der Waals surface area contributed by atoms with Crippen LogP contribution in [0.4, 0.5) is 26.3 Å². The van der Waals surface area contributed by atoms with Gasteiger partial charge in [0, 0.05) is 17.8 Å². The van der Waals surface area contributed by atoms with Crippen molar-refractivity contribution in [2.45, 2.75) is 45.7 Å². The summed E-state index contributed by atoms with van der Waals surface area (Å²) in [4.78, 5) is 12.9. The van der Waals surface area contributed by atoms with E-state index in [1.54, 1.807) is 6.92 Å². The van der Waals surface area contributed by atoms with Crippen LogP contribution in [-0.2, 0) is 18.9 Å². The van der Waals surface area contributed by atoms with Crippen molar-refractivity contribution in [3.63, 3.8) is 0 Å². The number of amides is 1. The summed E-state index contributed by atoms with van der Waals surface area (Å²) in [5.41, 5.74) is 0.504. The maximum atomic E-state index is 13.0. The molecule has 0 saturated heterocycles. The molecule has 1 atom stereocenters. The first-order valence-corrected chi connectivity index (χ1v) is 10.7. The number of pyridine rings is 1. The Bertz CT molecular complexity index is 1280. The first kappa shape index (κ1) is 26.8. The zero-order chi connectivity index (χ0) is 26.8. The molecule has 0 radical (unpaired) electrons. The third-order valence-electron chi connectivity index (χ3n) is 5.54. The Morgan fingerprint density at radius 1 is 1.03 bits per heavy atom. The third kappa shape index (κ3) is 6.07. The number of nitrogens with zero attached hydrogens (tertiary/aromatic N) is 2. The molecule has 0 unspecified atom stereocenters. The Balaban J connectivity index is 1.97. The highest BCUT2D eigenvalue weighted by molar-refractivity contribution is 5.95. The van der Waals surface area contributed by atoms with E-state index >= 15 is 0 Å². The van der Waals surface area contributed by atoms with Gasteiger partial charge in [0.25, 0.3) is 5.91 Å². The average molecular weight is 515 g/mol. The number of carbonyl (C=O) groups is 1. The van der Waals surface area contributed by atoms with Crippen molar-refractivity contribution in [3.05, 3.63) is 70.5 Å². The molecule has 0 aliphatic carbocycles. The van der Waals surface area contributed by atoms with Crippen LogP contribution in [0.15, 0.2) is 47.1 Å². The molecule has 0 saturated carbocycles. The molecule has 13 heteroatoms. The lowest BCUT2D eigenvalue weighted by molar-refractivity contribution is -0.138. The van der Waals surface area contributed by atoms with Crippen LogP contribution in [0.3, 0.4) is 0 Å². The van der Waals surface area contributed by atoms with E-state index in [-0.39, 0.29) is 41.1 Å². The minimum atomic E-state index is -4.63. The molecule has 0 aliphatic rings. The molecule has 2 aromatic heterocycles. The number of alkyl halides is 6. The summed E-state index contributed by atoms with van der Waals surface area (Å²) in [6, 6.07) is 5.17. The van der Waals surface area contributed by atoms with Crippen molar-refractivity contribution in [3.8, 4) is 11.3 Å². The maximum absolute atomic E-state index is 13.0. The van der Waals surface area contributed by atoms with Gasteiger partial charge >= 0.3 is 12.4 Å². The minimum Gasteiger partial charge on any atom is -0.355 e. The fourth-order valence-electron chi connectivity index (χ4n) is 3.11. The minimum absolute atomic E-state index is 0.00221. The van der Waals surface area contributed by atoms with Crippen LogP contribution < -0.4 is 16.2 Å². The number of rotatable bonds is 7. The molecular weight excluding hydrogens is 492 g/mol. The summed E-state index contributed by atoms with van der Waals surface area (Å²) < 4.78 is 83.9. The van der Waals surface area contributed by atoms with Gasteiger partial charge in [-0.15, -0.1) is 0 Å². The Labute approximate surface area is 201 Å². The highest BCUT2D eigenvalue weighted by atomic mass is 19.4. The van der Waals surface area contributed by atoms with Gasteiger partial charge < -0.3 is 15.3 Å². The van der Waals surface area contributed by atoms with Crippen LogP contribution in [0.25, 0.3) is 11.3 Å². The van der Waals surface area contributed by atoms with Crippen LogP contribution in [0.1, 0.15) is 48.0 Å². The molecule has 1 aromatic carbocycles. The molecule has 1 amide bonds. The molecular formula is C23H23F6N5O2. The van der Waals surface area contributed by atoms with E-state index in [1.807, 2.05) is 13.8 Å². The van der Waals surface area contributed by atoms with Gasteiger partial charge in [-0.3, -0.25) is 10.2 Å². The first-order chi connectivity index (χ1) is 16.7. The first-order valence-electron chi connectivity index (χ1n) is 10.7. The zero-order valence-electron chi connectivity index (χ0n) is 19.4. The van der Waals surface area contributed by atoms with Crippen LogP contribution in [0.5, 0.6) is 0 Å². The maximum Gasteiger partial charge on any atom is 0.416 e. The van der Waals surface area contributed by atoms with E-state index in [1.165, 1.54) is 0 Å². The van der Waals surface area contributed by atoms with Crippen LogP contribution in [-0.4, -0.2) is 21.8 Å². The van der Waals surface area contributed by atoms with Crippen LogP contribution >= 0.6 is 0 Å². The Morgan fingerprint density at radius 3 is 2.17 bits per heavy atom. The third-order valence-corrected chi connectivity index (χ3v) is 5.54. The van der Waals surface area contributed by atoms with Crippen molar-refractivity contribution in [1.82, 2.24) is 15.1 Å². The standard InChI is InChI=1S/C23H23F6N5O2/c1-12(2)13(3)32-21(35)19-17(11-31-34-9-8-16(10-18(34)30)23(27,28)29)20(36-33-19)14-4-6-15(7-5-14)22(24,25)26/h4-10,12-13,30-31H,11H2,1-3H3,(H,32,35)/t13-/m0/s1. The van der Waals surface area contributed by atoms with Crippen molar-refractivity contribution in [2.75, 3.05) is 5.43 Å². The van der Waals surface area contributed by atoms with E-state index < -0.39 is 34.9 Å². The predicted molar refractivity (Wildman–Crippen MR) is 117 cm³/mol. The Kier molecular flexibility index (Phi) is 7.51. The van der Waals surface area contributed by atoms with E-state index in [4.69, 9.17) is 9.93 Å². The Morgan fingerprint density at radius 2 is 1.64 bits per heavy atom. The van der Waals surface area contributed by atoms with Gasteiger partial charge in [0.05, 0.1) is 23.2 Å². The van der Waals surface area contributed by atoms with Gasteiger partial charge in [-0.05, 0) is 37.1 Å². The van der Waals surface area contributed by atoms with Gasteiger partial charge in [-0.2, -0.15) is 26.3 Å². The smallest absolute Gasteiger partial charge is 0.355 e. The summed E-state index contributed by atoms with van der Waals surface area (Å²) in [7, 11) is 0. The zero-order valence-corrected chi connectivity index (χ0v) is 19.4. The summed E-state index contributed by atoms with van der Waals surface area (Å²) in [6.45, 7) is 5.32. The van der Waals surface area contributed by atoms with E-state index in [0.717, 1.165) is 41.2 Å². The second-order valence-corrected chi connectivity index (χ2v) is 8.42. The second kappa shape index (κ2) is 10.1. The summed E-state index contributed by atoms with van der Waals surface area (Å²) in [5.74, 6) is -0.513. The number of hydrogen-bond donors (Lipinski definition) is 3. The lowest BCUT2D eigenvalue weighted by Crippen LogP contribution is -2.37. The molecule has 3 aromatic rings. The number of hydrogen-bond acceptors (Lipinski definition) is 5. The van der Waals surface area contributed by atoms with E-state index in [0.29, 0.717) is 6.07 Å². The molecule has 0 aliphatic heterocycles. The largest absolute Gasteiger partial charge is 0.416 e. The van der Waals surface area contributed by atoms with Crippen molar-refractivity contribution < 1.29 is 35.7 Å². The summed E-state index contributed by atoms with van der Waals surface area (Å²) >= 11 is 0. The molecule has 2 heterocycles. The van der Waals surface area contributed by atoms with Gasteiger partial charge in [-0.25, -0.2) is 4.68 Å². The monoisotopic (exact) mass is 515 g/mol. The quantitative estimate of drug-likeness (QED) is 0.378. The SMILES string of the molecule is CC(C)[C@H](C)NC(=O)c1noc(-c2ccc(C(F)(F)F)cc2)c1CNn1ccc(C(F)(F)F)cc1=N. The van der Waals surface area contributed by atoms with Gasteiger partial charge in [0.1, 0.15) is 5.49 Å².